The lowest BCUT2D eigenvalue weighted by molar-refractivity contribution is -0.132. The lowest BCUT2D eigenvalue weighted by Crippen LogP contribution is -2.38. The van der Waals surface area contributed by atoms with Crippen molar-refractivity contribution >= 4 is 5.96 Å². The van der Waals surface area contributed by atoms with E-state index in [1.54, 1.807) is 4.68 Å². The number of nitrogens with one attached hydrogen (secondary N) is 1. The van der Waals surface area contributed by atoms with E-state index in [-0.39, 0.29) is 12.5 Å². The lowest BCUT2D eigenvalue weighted by atomic mass is 10.1. The number of hydrogen-bond donors (Lipinski definition) is 1. The molecule has 0 bridgehead atoms. The number of guanidine groups is 1. The Bertz CT molecular complexity index is 520. The molecule has 0 fully saturated rings. The number of aliphatic imine (C=N–C) groups is 1. The molecule has 1 rings (SSSR count). The van der Waals surface area contributed by atoms with Crippen LogP contribution in [-0.4, -0.2) is 47.0 Å². The first kappa shape index (κ1) is 19.3. The van der Waals surface area contributed by atoms with Gasteiger partial charge in [0.25, 0.3) is 0 Å². The van der Waals surface area contributed by atoms with Gasteiger partial charge in [0.05, 0.1) is 18.7 Å². The Morgan fingerprint density at radius 3 is 2.61 bits per heavy atom. The molecule has 0 saturated carbocycles. The van der Waals surface area contributed by atoms with Crippen molar-refractivity contribution < 1.29 is 13.2 Å². The van der Waals surface area contributed by atoms with E-state index in [0.29, 0.717) is 19.0 Å². The second-order valence-electron chi connectivity index (χ2n) is 5.82. The summed E-state index contributed by atoms with van der Waals surface area (Å²) in [6.45, 7) is 6.87. The minimum atomic E-state index is -4.19. The van der Waals surface area contributed by atoms with Crippen LogP contribution >= 0.6 is 0 Å². The highest BCUT2D eigenvalue weighted by Gasteiger charge is 2.26. The van der Waals surface area contributed by atoms with Gasteiger partial charge in [-0.25, -0.2) is 0 Å². The van der Waals surface area contributed by atoms with Gasteiger partial charge in [-0.05, 0) is 12.8 Å². The summed E-state index contributed by atoms with van der Waals surface area (Å²) in [5.41, 5.74) is 2.04. The molecule has 0 aromatic carbocycles. The number of alkyl halides is 3. The highest BCUT2D eigenvalue weighted by Crippen LogP contribution is 2.20. The van der Waals surface area contributed by atoms with E-state index >= 15 is 0 Å². The van der Waals surface area contributed by atoms with Crippen molar-refractivity contribution in [2.75, 3.05) is 20.1 Å². The molecule has 132 valence electrons. The molecule has 0 atom stereocenters. The molecule has 0 spiro atoms. The van der Waals surface area contributed by atoms with Gasteiger partial charge < -0.3 is 10.2 Å². The molecule has 0 aliphatic heterocycles. The van der Waals surface area contributed by atoms with Crippen molar-refractivity contribution in [3.05, 3.63) is 17.5 Å². The summed E-state index contributed by atoms with van der Waals surface area (Å²) >= 11 is 0. The Kier molecular flexibility index (Phi) is 6.90. The van der Waals surface area contributed by atoms with Crippen LogP contribution in [0.15, 0.2) is 11.2 Å². The predicted molar refractivity (Wildman–Crippen MR) is 85.4 cm³/mol. The van der Waals surface area contributed by atoms with Crippen molar-refractivity contribution in [3.8, 4) is 0 Å². The number of aryl methyl sites for hydroxylation is 1. The minimum absolute atomic E-state index is 0.278. The topological polar surface area (TPSA) is 45.5 Å². The third-order valence-corrected chi connectivity index (χ3v) is 3.24. The van der Waals surface area contributed by atoms with E-state index in [1.807, 2.05) is 32.1 Å². The van der Waals surface area contributed by atoms with Crippen molar-refractivity contribution in [1.82, 2.24) is 20.0 Å². The zero-order chi connectivity index (χ0) is 17.6. The van der Waals surface area contributed by atoms with Gasteiger partial charge in [0.2, 0.25) is 0 Å². The van der Waals surface area contributed by atoms with Crippen LogP contribution in [0.4, 0.5) is 13.2 Å². The van der Waals surface area contributed by atoms with Crippen LogP contribution in [0.25, 0.3) is 0 Å². The van der Waals surface area contributed by atoms with Crippen molar-refractivity contribution in [2.45, 2.75) is 45.8 Å². The van der Waals surface area contributed by atoms with E-state index in [0.717, 1.165) is 11.3 Å². The molecule has 8 heteroatoms. The zero-order valence-corrected chi connectivity index (χ0v) is 14.4. The van der Waals surface area contributed by atoms with Gasteiger partial charge in [0.1, 0.15) is 0 Å². The van der Waals surface area contributed by atoms with Crippen LogP contribution in [0.2, 0.25) is 0 Å². The highest BCUT2D eigenvalue weighted by atomic mass is 19.4. The summed E-state index contributed by atoms with van der Waals surface area (Å²) in [5.74, 6) is 0.750. The molecule has 1 aromatic heterocycles. The van der Waals surface area contributed by atoms with Crippen LogP contribution in [0.1, 0.15) is 44.4 Å². The van der Waals surface area contributed by atoms with Gasteiger partial charge in [0.15, 0.2) is 5.96 Å². The molecule has 0 saturated heterocycles. The van der Waals surface area contributed by atoms with Gasteiger partial charge in [-0.3, -0.25) is 9.67 Å². The number of halogens is 3. The standard InChI is InChI=1S/C15H26F3N5/c1-6-19-14(20-8-7-15(16,17)18)22(4)9-12-10-23(5)21-13(12)11(2)3/h10-11H,6-9H2,1-5H3,(H,19,20). The Balaban J connectivity index is 2.82. The third-order valence-electron chi connectivity index (χ3n) is 3.24. The Morgan fingerprint density at radius 2 is 2.09 bits per heavy atom. The van der Waals surface area contributed by atoms with Gasteiger partial charge in [0, 0.05) is 38.9 Å². The normalized spacial score (nSPS) is 12.8. The average molecular weight is 333 g/mol. The van der Waals surface area contributed by atoms with Crippen molar-refractivity contribution in [3.63, 3.8) is 0 Å². The summed E-state index contributed by atoms with van der Waals surface area (Å²) < 4.78 is 38.6. The van der Waals surface area contributed by atoms with Crippen LogP contribution in [0.5, 0.6) is 0 Å². The van der Waals surface area contributed by atoms with Crippen LogP contribution in [-0.2, 0) is 13.6 Å². The molecular formula is C15H26F3N5. The SMILES string of the molecule is CCNC(=NCCC(F)(F)F)N(C)Cc1cn(C)nc1C(C)C. The lowest BCUT2D eigenvalue weighted by Gasteiger charge is -2.22. The van der Waals surface area contributed by atoms with Crippen LogP contribution in [0, 0.1) is 0 Å². The Morgan fingerprint density at radius 1 is 1.43 bits per heavy atom. The highest BCUT2D eigenvalue weighted by molar-refractivity contribution is 5.79. The summed E-state index contributed by atoms with van der Waals surface area (Å²) in [4.78, 5) is 5.88. The number of rotatable bonds is 6. The number of hydrogen-bond acceptors (Lipinski definition) is 2. The predicted octanol–water partition coefficient (Wildman–Crippen LogP) is 2.89. The molecule has 0 unspecified atom stereocenters. The average Bonchev–Trinajstić information content (AvgIpc) is 2.77. The summed E-state index contributed by atoms with van der Waals surface area (Å²) in [6, 6.07) is 0. The van der Waals surface area contributed by atoms with Crippen molar-refractivity contribution in [1.29, 1.82) is 0 Å². The van der Waals surface area contributed by atoms with Gasteiger partial charge >= 0.3 is 6.18 Å². The summed E-state index contributed by atoms with van der Waals surface area (Å²) in [5, 5.41) is 7.47. The van der Waals surface area contributed by atoms with Gasteiger partial charge in [-0.2, -0.15) is 18.3 Å². The summed E-state index contributed by atoms with van der Waals surface area (Å²) in [7, 11) is 3.67. The van der Waals surface area contributed by atoms with Crippen LogP contribution in [0.3, 0.4) is 0 Å². The Hall–Kier alpha value is -1.73. The second-order valence-corrected chi connectivity index (χ2v) is 5.82. The maximum Gasteiger partial charge on any atom is 0.390 e. The maximum atomic E-state index is 12.3. The fourth-order valence-electron chi connectivity index (χ4n) is 2.25. The third kappa shape index (κ3) is 6.50. The molecule has 0 aliphatic carbocycles. The molecule has 1 heterocycles. The van der Waals surface area contributed by atoms with Gasteiger partial charge in [-0.15, -0.1) is 0 Å². The van der Waals surface area contributed by atoms with E-state index in [4.69, 9.17) is 0 Å². The zero-order valence-electron chi connectivity index (χ0n) is 14.4. The number of aromatic nitrogens is 2. The molecular weight excluding hydrogens is 307 g/mol. The van der Waals surface area contributed by atoms with Crippen molar-refractivity contribution in [2.24, 2.45) is 12.0 Å². The monoisotopic (exact) mass is 333 g/mol. The molecule has 1 N–H and O–H groups in total. The first-order chi connectivity index (χ1) is 10.6. The summed E-state index contributed by atoms with van der Waals surface area (Å²) in [6.07, 6.45) is -3.17. The number of nitrogens with zero attached hydrogens (tertiary/aromatic N) is 4. The maximum absolute atomic E-state index is 12.3. The molecule has 5 nitrogen and oxygen atoms in total. The molecule has 0 aliphatic rings. The van der Waals surface area contributed by atoms with E-state index in [2.05, 4.69) is 29.3 Å². The minimum Gasteiger partial charge on any atom is -0.357 e. The second kappa shape index (κ2) is 8.21. The van der Waals surface area contributed by atoms with E-state index in [9.17, 15) is 13.2 Å². The molecule has 0 radical (unpaired) electrons. The quantitative estimate of drug-likeness (QED) is 0.643. The molecule has 23 heavy (non-hydrogen) atoms. The van der Waals surface area contributed by atoms with Gasteiger partial charge in [-0.1, -0.05) is 13.8 Å². The smallest absolute Gasteiger partial charge is 0.357 e. The van der Waals surface area contributed by atoms with E-state index < -0.39 is 12.6 Å². The Labute approximate surface area is 135 Å². The van der Waals surface area contributed by atoms with Crippen LogP contribution < -0.4 is 5.32 Å². The fraction of sp³-hybridized carbons (Fsp3) is 0.733. The first-order valence-corrected chi connectivity index (χ1v) is 7.72. The fourth-order valence-corrected chi connectivity index (χ4v) is 2.25. The molecule has 0 amide bonds. The molecule has 1 aromatic rings. The largest absolute Gasteiger partial charge is 0.390 e. The van der Waals surface area contributed by atoms with E-state index in [1.165, 1.54) is 0 Å². The first-order valence-electron chi connectivity index (χ1n) is 7.72.